The van der Waals surface area contributed by atoms with Gasteiger partial charge in [0.1, 0.15) is 0 Å². The van der Waals surface area contributed by atoms with Crippen molar-refractivity contribution >= 4 is 18.3 Å². The molecule has 0 bridgehead atoms. The first-order chi connectivity index (χ1) is 8.72. The molecule has 0 saturated carbocycles. The van der Waals surface area contributed by atoms with E-state index in [4.69, 9.17) is 4.74 Å². The Kier molecular flexibility index (Phi) is 6.53. The van der Waals surface area contributed by atoms with E-state index in [1.807, 2.05) is 4.90 Å². The number of rotatable bonds is 4. The van der Waals surface area contributed by atoms with Gasteiger partial charge in [0.15, 0.2) is 0 Å². The summed E-state index contributed by atoms with van der Waals surface area (Å²) in [6.07, 6.45) is 0.896. The molecule has 1 N–H and O–H groups in total. The third-order valence-corrected chi connectivity index (χ3v) is 4.22. The molecule has 0 aliphatic carbocycles. The predicted molar refractivity (Wildman–Crippen MR) is 77.7 cm³/mol. The third-order valence-electron chi connectivity index (χ3n) is 4.22. The summed E-state index contributed by atoms with van der Waals surface area (Å²) in [7, 11) is 1.68. The minimum atomic E-state index is -0.316. The van der Waals surface area contributed by atoms with Crippen molar-refractivity contribution in [3.8, 4) is 0 Å². The van der Waals surface area contributed by atoms with Gasteiger partial charge in [-0.05, 0) is 19.5 Å². The Hall–Kier alpha value is -0.360. The van der Waals surface area contributed by atoms with Gasteiger partial charge in [-0.25, -0.2) is 0 Å². The third kappa shape index (κ3) is 3.60. The number of amides is 1. The topological polar surface area (TPSA) is 44.8 Å². The Morgan fingerprint density at radius 1 is 1.32 bits per heavy atom. The standard InChI is InChI=1S/C13H25N3O2.ClH/c1-3-15-6-8-16(9-7-15)12(17)13(11-18-2)4-5-14-10-13;/h14H,3-11H2,1-2H3;1H. The van der Waals surface area contributed by atoms with E-state index in [-0.39, 0.29) is 23.7 Å². The molecule has 2 aliphatic rings. The van der Waals surface area contributed by atoms with E-state index in [1.54, 1.807) is 7.11 Å². The van der Waals surface area contributed by atoms with Crippen molar-refractivity contribution in [2.24, 2.45) is 5.41 Å². The number of ether oxygens (including phenoxy) is 1. The van der Waals surface area contributed by atoms with Crippen molar-refractivity contribution in [3.05, 3.63) is 0 Å². The Labute approximate surface area is 122 Å². The molecule has 2 fully saturated rings. The van der Waals surface area contributed by atoms with E-state index in [2.05, 4.69) is 17.1 Å². The number of likely N-dealkylation sites (N-methyl/N-ethyl adjacent to an activating group) is 1. The Balaban J connectivity index is 0.00000180. The van der Waals surface area contributed by atoms with E-state index in [1.165, 1.54) is 0 Å². The summed E-state index contributed by atoms with van der Waals surface area (Å²) in [5.74, 6) is 0.283. The minimum Gasteiger partial charge on any atom is -0.384 e. The summed E-state index contributed by atoms with van der Waals surface area (Å²) in [6.45, 7) is 9.18. The highest BCUT2D eigenvalue weighted by atomic mass is 35.5. The lowest BCUT2D eigenvalue weighted by Crippen LogP contribution is -2.54. The Bertz CT molecular complexity index is 288. The van der Waals surface area contributed by atoms with Gasteiger partial charge in [0.25, 0.3) is 0 Å². The molecule has 5 nitrogen and oxygen atoms in total. The van der Waals surface area contributed by atoms with Crippen LogP contribution in [0.15, 0.2) is 0 Å². The first kappa shape index (κ1) is 16.7. The maximum Gasteiger partial charge on any atom is 0.232 e. The Morgan fingerprint density at radius 2 is 2.00 bits per heavy atom. The van der Waals surface area contributed by atoms with Crippen molar-refractivity contribution in [2.75, 3.05) is 59.5 Å². The van der Waals surface area contributed by atoms with Crippen molar-refractivity contribution in [2.45, 2.75) is 13.3 Å². The van der Waals surface area contributed by atoms with Gasteiger partial charge in [-0.15, -0.1) is 12.4 Å². The molecule has 112 valence electrons. The fourth-order valence-electron chi connectivity index (χ4n) is 2.99. The summed E-state index contributed by atoms with van der Waals surface area (Å²) in [5, 5.41) is 3.30. The summed E-state index contributed by atoms with van der Waals surface area (Å²) in [5.41, 5.74) is -0.316. The number of nitrogens with one attached hydrogen (secondary N) is 1. The highest BCUT2D eigenvalue weighted by Crippen LogP contribution is 2.29. The molecule has 2 saturated heterocycles. The fourth-order valence-corrected chi connectivity index (χ4v) is 2.99. The molecule has 0 aromatic rings. The maximum absolute atomic E-state index is 12.7. The maximum atomic E-state index is 12.7. The second kappa shape index (κ2) is 7.43. The van der Waals surface area contributed by atoms with E-state index in [9.17, 15) is 4.79 Å². The molecule has 0 aromatic carbocycles. The SMILES string of the molecule is CCN1CCN(C(=O)C2(COC)CCNC2)CC1.Cl. The molecule has 19 heavy (non-hydrogen) atoms. The van der Waals surface area contributed by atoms with E-state index in [0.717, 1.165) is 52.2 Å². The van der Waals surface area contributed by atoms with Crippen LogP contribution in [0.25, 0.3) is 0 Å². The first-order valence-electron chi connectivity index (χ1n) is 6.93. The molecule has 0 spiro atoms. The number of piperazine rings is 1. The summed E-state index contributed by atoms with van der Waals surface area (Å²) in [6, 6.07) is 0. The van der Waals surface area contributed by atoms with Crippen LogP contribution in [-0.4, -0.2) is 75.2 Å². The largest absolute Gasteiger partial charge is 0.384 e. The van der Waals surface area contributed by atoms with Gasteiger partial charge in [0.2, 0.25) is 5.91 Å². The zero-order chi connectivity index (χ0) is 13.0. The normalized spacial score (nSPS) is 28.2. The van der Waals surface area contributed by atoms with Crippen LogP contribution in [0.1, 0.15) is 13.3 Å². The summed E-state index contributed by atoms with van der Waals surface area (Å²) in [4.78, 5) is 17.1. The second-order valence-electron chi connectivity index (χ2n) is 5.37. The number of halogens is 1. The lowest BCUT2D eigenvalue weighted by Gasteiger charge is -2.39. The van der Waals surface area contributed by atoms with Crippen LogP contribution in [0.5, 0.6) is 0 Å². The fraction of sp³-hybridized carbons (Fsp3) is 0.923. The van der Waals surface area contributed by atoms with Gasteiger partial charge < -0.3 is 19.9 Å². The number of carbonyl (C=O) groups is 1. The minimum absolute atomic E-state index is 0. The smallest absolute Gasteiger partial charge is 0.232 e. The molecule has 2 aliphatic heterocycles. The van der Waals surface area contributed by atoms with Crippen molar-refractivity contribution in [1.29, 1.82) is 0 Å². The molecular weight excluding hydrogens is 266 g/mol. The molecule has 1 unspecified atom stereocenters. The van der Waals surface area contributed by atoms with Crippen LogP contribution in [-0.2, 0) is 9.53 Å². The number of hydrogen-bond donors (Lipinski definition) is 1. The van der Waals surface area contributed by atoms with Crippen LogP contribution in [0, 0.1) is 5.41 Å². The van der Waals surface area contributed by atoms with Gasteiger partial charge in [0, 0.05) is 39.8 Å². The number of methoxy groups -OCH3 is 1. The number of hydrogen-bond acceptors (Lipinski definition) is 4. The van der Waals surface area contributed by atoms with Crippen LogP contribution in [0.4, 0.5) is 0 Å². The molecule has 2 heterocycles. The highest BCUT2D eigenvalue weighted by Gasteiger charge is 2.44. The summed E-state index contributed by atoms with van der Waals surface area (Å²) >= 11 is 0. The van der Waals surface area contributed by atoms with Crippen LogP contribution in [0.3, 0.4) is 0 Å². The highest BCUT2D eigenvalue weighted by molar-refractivity contribution is 5.85. The summed E-state index contributed by atoms with van der Waals surface area (Å²) < 4.78 is 5.29. The predicted octanol–water partition coefficient (Wildman–Crippen LogP) is 0.198. The average molecular weight is 292 g/mol. The van der Waals surface area contributed by atoms with Gasteiger partial charge in [-0.1, -0.05) is 6.92 Å². The van der Waals surface area contributed by atoms with Gasteiger partial charge in [-0.2, -0.15) is 0 Å². The number of nitrogens with zero attached hydrogens (tertiary/aromatic N) is 2. The quantitative estimate of drug-likeness (QED) is 0.804. The zero-order valence-electron chi connectivity index (χ0n) is 12.0. The van der Waals surface area contributed by atoms with Crippen LogP contribution in [0.2, 0.25) is 0 Å². The Morgan fingerprint density at radius 3 is 2.47 bits per heavy atom. The molecule has 0 aromatic heterocycles. The molecule has 0 radical (unpaired) electrons. The molecular formula is C13H26ClN3O2. The monoisotopic (exact) mass is 291 g/mol. The number of carbonyl (C=O) groups excluding carboxylic acids is 1. The van der Waals surface area contributed by atoms with E-state index >= 15 is 0 Å². The first-order valence-corrected chi connectivity index (χ1v) is 6.93. The van der Waals surface area contributed by atoms with Crippen molar-refractivity contribution in [3.63, 3.8) is 0 Å². The van der Waals surface area contributed by atoms with Crippen molar-refractivity contribution in [1.82, 2.24) is 15.1 Å². The molecule has 6 heteroatoms. The van der Waals surface area contributed by atoms with Crippen molar-refractivity contribution < 1.29 is 9.53 Å². The van der Waals surface area contributed by atoms with Gasteiger partial charge in [0.05, 0.1) is 12.0 Å². The van der Waals surface area contributed by atoms with E-state index in [0.29, 0.717) is 6.61 Å². The van der Waals surface area contributed by atoms with Gasteiger partial charge in [-0.3, -0.25) is 4.79 Å². The lowest BCUT2D eigenvalue weighted by atomic mass is 9.86. The molecule has 1 amide bonds. The van der Waals surface area contributed by atoms with Crippen LogP contribution >= 0.6 is 12.4 Å². The second-order valence-corrected chi connectivity index (χ2v) is 5.37. The molecule has 1 atom stereocenters. The molecule has 2 rings (SSSR count). The van der Waals surface area contributed by atoms with E-state index < -0.39 is 0 Å². The average Bonchev–Trinajstić information content (AvgIpc) is 2.88. The van der Waals surface area contributed by atoms with Crippen LogP contribution < -0.4 is 5.32 Å². The lowest BCUT2D eigenvalue weighted by molar-refractivity contribution is -0.146. The zero-order valence-corrected chi connectivity index (χ0v) is 12.8. The van der Waals surface area contributed by atoms with Gasteiger partial charge >= 0.3 is 0 Å².